The first-order valence-corrected chi connectivity index (χ1v) is 12.7. The molecule has 0 bridgehead atoms. The van der Waals surface area contributed by atoms with Gasteiger partial charge in [0, 0.05) is 12.0 Å². The van der Waals surface area contributed by atoms with Crippen molar-refractivity contribution >= 4 is 54.4 Å². The van der Waals surface area contributed by atoms with Crippen molar-refractivity contribution in [2.45, 2.75) is 18.6 Å². The van der Waals surface area contributed by atoms with Crippen LogP contribution in [0.2, 0.25) is 0 Å². The lowest BCUT2D eigenvalue weighted by Gasteiger charge is -2.30. The van der Waals surface area contributed by atoms with Gasteiger partial charge in [-0.25, -0.2) is 0 Å². The largest absolute Gasteiger partial charge is 0.356 e. The van der Waals surface area contributed by atoms with Crippen LogP contribution in [0.5, 0.6) is 0 Å². The average Bonchev–Trinajstić information content (AvgIpc) is 2.92. The summed E-state index contributed by atoms with van der Waals surface area (Å²) in [6.07, 6.45) is 4.23. The van der Waals surface area contributed by atoms with Crippen molar-refractivity contribution in [1.29, 1.82) is 0 Å². The number of fused-ring (bicyclic) bond motifs is 5. The van der Waals surface area contributed by atoms with E-state index in [-0.39, 0.29) is 0 Å². The summed E-state index contributed by atoms with van der Waals surface area (Å²) >= 11 is 0. The molecule has 0 atom stereocenters. The Bertz CT molecular complexity index is 2100. The second-order valence-corrected chi connectivity index (χ2v) is 10.7. The summed E-state index contributed by atoms with van der Waals surface area (Å²) in [5, 5.41) is 30.4. The lowest BCUT2D eigenvalue weighted by Crippen LogP contribution is -2.40. The average molecular weight is 477 g/mol. The quantitative estimate of drug-likeness (QED) is 0.151. The maximum Gasteiger partial charge on any atom is 0.249 e. The molecule has 0 saturated carbocycles. The van der Waals surface area contributed by atoms with Gasteiger partial charge in [-0.05, 0) is 94.5 Å². The van der Waals surface area contributed by atoms with Crippen molar-refractivity contribution < 1.29 is 15.0 Å². The summed E-state index contributed by atoms with van der Waals surface area (Å²) in [5.41, 5.74) is 8.69. The molecular formula is C34H20O3. The zero-order valence-corrected chi connectivity index (χ0v) is 19.8. The van der Waals surface area contributed by atoms with Gasteiger partial charge >= 0.3 is 0 Å². The van der Waals surface area contributed by atoms with Crippen LogP contribution in [0.1, 0.15) is 22.3 Å². The molecule has 37 heavy (non-hydrogen) atoms. The molecule has 174 valence electrons. The highest BCUT2D eigenvalue weighted by atomic mass is 16.5. The van der Waals surface area contributed by atoms with Crippen LogP contribution >= 0.6 is 0 Å². The first-order chi connectivity index (χ1) is 18.0. The van der Waals surface area contributed by atoms with Gasteiger partial charge < -0.3 is 10.2 Å². The zero-order chi connectivity index (χ0) is 24.6. The van der Waals surface area contributed by atoms with Crippen molar-refractivity contribution in [3.05, 3.63) is 113 Å². The molecule has 0 fully saturated rings. The van der Waals surface area contributed by atoms with Crippen LogP contribution in [0.15, 0.2) is 90.5 Å². The van der Waals surface area contributed by atoms with E-state index in [4.69, 9.17) is 0 Å². The van der Waals surface area contributed by atoms with Gasteiger partial charge in [-0.3, -0.25) is 4.79 Å². The summed E-state index contributed by atoms with van der Waals surface area (Å²) < 4.78 is 0. The molecule has 0 amide bonds. The third-order valence-corrected chi connectivity index (χ3v) is 8.84. The van der Waals surface area contributed by atoms with Gasteiger partial charge in [0.2, 0.25) is 11.6 Å². The third kappa shape index (κ3) is 2.28. The van der Waals surface area contributed by atoms with Gasteiger partial charge in [0.05, 0.1) is 0 Å². The lowest BCUT2D eigenvalue weighted by atomic mass is 9.75. The molecule has 9 rings (SSSR count). The lowest BCUT2D eigenvalue weighted by molar-refractivity contribution is -0.161. The van der Waals surface area contributed by atoms with E-state index in [1.54, 1.807) is 6.08 Å². The molecule has 3 nitrogen and oxygen atoms in total. The number of aliphatic hydroxyl groups is 2. The Morgan fingerprint density at radius 1 is 0.568 bits per heavy atom. The van der Waals surface area contributed by atoms with Crippen molar-refractivity contribution in [3.8, 4) is 11.1 Å². The predicted octanol–water partition coefficient (Wildman–Crippen LogP) is 6.44. The van der Waals surface area contributed by atoms with Gasteiger partial charge in [0.15, 0.2) is 0 Å². The molecular weight excluding hydrogens is 456 g/mol. The zero-order valence-electron chi connectivity index (χ0n) is 19.8. The molecule has 0 aliphatic heterocycles. The van der Waals surface area contributed by atoms with E-state index in [9.17, 15) is 15.0 Å². The highest BCUT2D eigenvalue weighted by Crippen LogP contribution is 2.50. The van der Waals surface area contributed by atoms with E-state index < -0.39 is 11.6 Å². The third-order valence-electron chi connectivity index (χ3n) is 8.84. The molecule has 3 aliphatic carbocycles. The van der Waals surface area contributed by atoms with E-state index in [0.29, 0.717) is 12.0 Å². The predicted molar refractivity (Wildman–Crippen MR) is 148 cm³/mol. The molecule has 6 aromatic rings. The number of hydrogen-bond donors (Lipinski definition) is 2. The minimum Gasteiger partial charge on any atom is -0.356 e. The van der Waals surface area contributed by atoms with Crippen LogP contribution < -0.4 is 0 Å². The normalized spacial score (nSPS) is 17.3. The minimum absolute atomic E-state index is 0.394. The molecule has 0 unspecified atom stereocenters. The second kappa shape index (κ2) is 6.33. The topological polar surface area (TPSA) is 57.5 Å². The van der Waals surface area contributed by atoms with E-state index in [1.165, 1.54) is 71.4 Å². The Morgan fingerprint density at radius 3 is 1.89 bits per heavy atom. The number of allylic oxidation sites excluding steroid dienone is 2. The van der Waals surface area contributed by atoms with Crippen molar-refractivity contribution in [2.75, 3.05) is 0 Å². The Labute approximate surface area is 211 Å². The van der Waals surface area contributed by atoms with Crippen molar-refractivity contribution in [3.63, 3.8) is 0 Å². The van der Waals surface area contributed by atoms with Gasteiger partial charge in [-0.1, -0.05) is 78.9 Å². The fraction of sp³-hybridized carbons (Fsp3) is 0.0882. The van der Waals surface area contributed by atoms with Crippen LogP contribution in [0, 0.1) is 0 Å². The molecule has 3 heteroatoms. The summed E-state index contributed by atoms with van der Waals surface area (Å²) in [4.78, 5) is 12.9. The molecule has 6 aromatic carbocycles. The van der Waals surface area contributed by atoms with Crippen molar-refractivity contribution in [2.24, 2.45) is 0 Å². The SMILES string of the molecule is O=C1C2=C(C=CC1(O)O)c1ccc3c4ccc5c6c(ccc(c7ccc(c1c37)C2)c64)-c1ccccc1C5. The number of carbonyl (C=O) groups excluding carboxylic acids is 1. The number of carbonyl (C=O) groups is 1. The number of hydrogen-bond acceptors (Lipinski definition) is 3. The van der Waals surface area contributed by atoms with E-state index in [1.807, 2.05) is 0 Å². The summed E-state index contributed by atoms with van der Waals surface area (Å²) in [6, 6.07) is 26.5. The number of ketones is 1. The standard InChI is InChI=1S/C34H20O3/c35-33-28-16-19-6-8-25-26-11-9-22-20-4-2-1-3-17(20)15-18-5-7-24(31(26)29(18)22)27-12-10-23(30(19)32(25)27)21(28)13-14-34(33,36)37/h1-14,36-37H,15-16H2. The number of rotatable bonds is 0. The molecule has 0 heterocycles. The Morgan fingerprint density at radius 2 is 1.16 bits per heavy atom. The minimum atomic E-state index is -2.44. The molecule has 0 aromatic heterocycles. The van der Waals surface area contributed by atoms with Gasteiger partial charge in [-0.2, -0.15) is 0 Å². The Hall–Kier alpha value is -4.31. The highest BCUT2D eigenvalue weighted by molar-refractivity contribution is 6.36. The van der Waals surface area contributed by atoms with E-state index in [2.05, 4.69) is 72.8 Å². The maximum atomic E-state index is 12.9. The first kappa shape index (κ1) is 19.8. The van der Waals surface area contributed by atoms with Crippen LogP contribution in [0.3, 0.4) is 0 Å². The summed E-state index contributed by atoms with van der Waals surface area (Å²) in [5.74, 6) is -3.07. The summed E-state index contributed by atoms with van der Waals surface area (Å²) in [6.45, 7) is 0. The number of Topliss-reactive ketones (excluding diaryl/α,β-unsaturated/α-hetero) is 1. The maximum absolute atomic E-state index is 12.9. The first-order valence-electron chi connectivity index (χ1n) is 12.7. The monoisotopic (exact) mass is 476 g/mol. The van der Waals surface area contributed by atoms with Crippen molar-refractivity contribution in [1.82, 2.24) is 0 Å². The second-order valence-electron chi connectivity index (χ2n) is 10.7. The molecule has 3 aliphatic rings. The fourth-order valence-electron chi connectivity index (χ4n) is 7.26. The number of benzene rings is 6. The van der Waals surface area contributed by atoms with Crippen LogP contribution in [0.25, 0.3) is 59.8 Å². The van der Waals surface area contributed by atoms with Gasteiger partial charge in [-0.15, -0.1) is 0 Å². The molecule has 0 radical (unpaired) electrons. The fourth-order valence-corrected chi connectivity index (χ4v) is 7.26. The highest BCUT2D eigenvalue weighted by Gasteiger charge is 2.39. The Balaban J connectivity index is 1.44. The van der Waals surface area contributed by atoms with Gasteiger partial charge in [0.1, 0.15) is 0 Å². The molecule has 2 N–H and O–H groups in total. The smallest absolute Gasteiger partial charge is 0.249 e. The van der Waals surface area contributed by atoms with E-state index in [0.717, 1.165) is 23.1 Å². The Kier molecular flexibility index (Phi) is 3.39. The van der Waals surface area contributed by atoms with Crippen LogP contribution in [0.4, 0.5) is 0 Å². The summed E-state index contributed by atoms with van der Waals surface area (Å²) in [7, 11) is 0. The van der Waals surface area contributed by atoms with Crippen LogP contribution in [-0.4, -0.2) is 21.8 Å². The molecule has 0 saturated heterocycles. The molecule has 0 spiro atoms. The van der Waals surface area contributed by atoms with Gasteiger partial charge in [0.25, 0.3) is 0 Å². The van der Waals surface area contributed by atoms with Crippen LogP contribution in [-0.2, 0) is 17.6 Å². The van der Waals surface area contributed by atoms with E-state index >= 15 is 0 Å².